The van der Waals surface area contributed by atoms with E-state index in [0.29, 0.717) is 11.5 Å². The molecule has 0 atom stereocenters. The summed E-state index contributed by atoms with van der Waals surface area (Å²) in [6.45, 7) is 9.21. The first-order valence-electron chi connectivity index (χ1n) is 7.86. The van der Waals surface area contributed by atoms with Gasteiger partial charge in [0.05, 0.1) is 5.71 Å². The maximum Gasteiger partial charge on any atom is 0.308 e. The Hall–Kier alpha value is -2.96. The Labute approximate surface area is 146 Å². The van der Waals surface area contributed by atoms with E-state index in [0.717, 1.165) is 11.3 Å². The third-order valence-electron chi connectivity index (χ3n) is 3.48. The normalized spacial score (nSPS) is 12.0. The number of carbonyl (C=O) groups is 2. The molecule has 2 rings (SSSR count). The van der Waals surface area contributed by atoms with Crippen LogP contribution >= 0.6 is 0 Å². The number of aromatic nitrogens is 2. The molecular formula is C18H22N4O3. The van der Waals surface area contributed by atoms with E-state index in [1.165, 1.54) is 6.92 Å². The van der Waals surface area contributed by atoms with Gasteiger partial charge >= 0.3 is 5.97 Å². The highest BCUT2D eigenvalue weighted by Crippen LogP contribution is 2.20. The Morgan fingerprint density at radius 2 is 1.80 bits per heavy atom. The van der Waals surface area contributed by atoms with Crippen LogP contribution in [0.2, 0.25) is 0 Å². The second kappa shape index (κ2) is 7.29. The molecule has 1 aromatic carbocycles. The van der Waals surface area contributed by atoms with Gasteiger partial charge in [-0.15, -0.1) is 0 Å². The van der Waals surface area contributed by atoms with Gasteiger partial charge in [-0.3, -0.25) is 14.7 Å². The molecule has 25 heavy (non-hydrogen) atoms. The fourth-order valence-electron chi connectivity index (χ4n) is 2.01. The minimum absolute atomic E-state index is 0.117. The van der Waals surface area contributed by atoms with E-state index < -0.39 is 0 Å². The largest absolute Gasteiger partial charge is 0.427 e. The zero-order chi connectivity index (χ0) is 18.6. The third-order valence-corrected chi connectivity index (χ3v) is 3.48. The van der Waals surface area contributed by atoms with Gasteiger partial charge in [0.1, 0.15) is 5.75 Å². The van der Waals surface area contributed by atoms with Crippen molar-refractivity contribution in [2.45, 2.75) is 40.0 Å². The molecule has 0 fully saturated rings. The average Bonchev–Trinajstić information content (AvgIpc) is 3.02. The van der Waals surface area contributed by atoms with Crippen LogP contribution in [0.1, 0.15) is 56.4 Å². The lowest BCUT2D eigenvalue weighted by Gasteiger charge is -2.14. The van der Waals surface area contributed by atoms with Crippen molar-refractivity contribution >= 4 is 17.6 Å². The highest BCUT2D eigenvalue weighted by Gasteiger charge is 2.19. The summed E-state index contributed by atoms with van der Waals surface area (Å²) in [7, 11) is 0. The van der Waals surface area contributed by atoms with Gasteiger partial charge in [-0.05, 0) is 42.8 Å². The van der Waals surface area contributed by atoms with Crippen molar-refractivity contribution < 1.29 is 14.3 Å². The van der Waals surface area contributed by atoms with E-state index in [1.807, 2.05) is 20.8 Å². The van der Waals surface area contributed by atoms with Crippen LogP contribution in [0.3, 0.4) is 0 Å². The molecule has 1 aromatic heterocycles. The van der Waals surface area contributed by atoms with Crippen LogP contribution in [0.15, 0.2) is 35.4 Å². The van der Waals surface area contributed by atoms with Crippen LogP contribution in [0, 0.1) is 0 Å². The molecule has 0 aliphatic carbocycles. The van der Waals surface area contributed by atoms with Gasteiger partial charge in [0.25, 0.3) is 5.91 Å². The number of hydrazone groups is 1. The lowest BCUT2D eigenvalue weighted by atomic mass is 9.92. The molecule has 0 aliphatic heterocycles. The molecule has 0 bridgehead atoms. The number of hydrogen-bond donors (Lipinski definition) is 2. The fourth-order valence-corrected chi connectivity index (χ4v) is 2.01. The predicted molar refractivity (Wildman–Crippen MR) is 94.7 cm³/mol. The monoisotopic (exact) mass is 342 g/mol. The number of benzene rings is 1. The van der Waals surface area contributed by atoms with Crippen LogP contribution < -0.4 is 10.2 Å². The number of rotatable bonds is 4. The molecule has 132 valence electrons. The van der Waals surface area contributed by atoms with Crippen molar-refractivity contribution in [3.63, 3.8) is 0 Å². The average molecular weight is 342 g/mol. The number of H-pyrrole nitrogens is 1. The minimum Gasteiger partial charge on any atom is -0.427 e. The number of ether oxygens (including phenoxy) is 1. The Bertz CT molecular complexity index is 798. The summed E-state index contributed by atoms with van der Waals surface area (Å²) in [6, 6.07) is 8.57. The predicted octanol–water partition coefficient (Wildman–Crippen LogP) is 2.79. The molecule has 7 nitrogen and oxygen atoms in total. The van der Waals surface area contributed by atoms with Crippen molar-refractivity contribution in [1.82, 2.24) is 15.6 Å². The first-order chi connectivity index (χ1) is 11.7. The van der Waals surface area contributed by atoms with E-state index in [1.54, 1.807) is 37.3 Å². The Morgan fingerprint density at radius 3 is 2.32 bits per heavy atom. The van der Waals surface area contributed by atoms with Gasteiger partial charge in [0, 0.05) is 18.0 Å². The number of hydrogen-bond acceptors (Lipinski definition) is 5. The number of nitrogens with zero attached hydrogens (tertiary/aromatic N) is 2. The highest BCUT2D eigenvalue weighted by molar-refractivity contribution is 6.00. The Kier molecular flexibility index (Phi) is 5.36. The zero-order valence-corrected chi connectivity index (χ0v) is 15.0. The second-order valence-electron chi connectivity index (χ2n) is 6.67. The number of amides is 1. The Morgan fingerprint density at radius 1 is 1.16 bits per heavy atom. The molecule has 1 heterocycles. The molecule has 2 N–H and O–H groups in total. The van der Waals surface area contributed by atoms with E-state index in [2.05, 4.69) is 20.7 Å². The van der Waals surface area contributed by atoms with Gasteiger partial charge in [-0.1, -0.05) is 20.8 Å². The number of nitrogens with one attached hydrogen (secondary N) is 2. The summed E-state index contributed by atoms with van der Waals surface area (Å²) in [5, 5.41) is 11.0. The lowest BCUT2D eigenvalue weighted by Crippen LogP contribution is -2.19. The van der Waals surface area contributed by atoms with E-state index in [-0.39, 0.29) is 23.0 Å². The first kappa shape index (κ1) is 18.4. The van der Waals surface area contributed by atoms with Gasteiger partial charge in [-0.25, -0.2) is 5.43 Å². The van der Waals surface area contributed by atoms with Gasteiger partial charge in [-0.2, -0.15) is 10.2 Å². The molecule has 0 aliphatic rings. The highest BCUT2D eigenvalue weighted by atomic mass is 16.5. The van der Waals surface area contributed by atoms with Crippen molar-refractivity contribution in [3.05, 3.63) is 47.3 Å². The number of carbonyl (C=O) groups excluding carboxylic acids is 2. The molecule has 2 aromatic rings. The first-order valence-corrected chi connectivity index (χ1v) is 7.86. The summed E-state index contributed by atoms with van der Waals surface area (Å²) in [6.07, 6.45) is 0. The summed E-state index contributed by atoms with van der Waals surface area (Å²) < 4.78 is 4.97. The van der Waals surface area contributed by atoms with Crippen molar-refractivity contribution in [3.8, 4) is 5.75 Å². The molecule has 7 heteroatoms. The quantitative estimate of drug-likeness (QED) is 0.386. The van der Waals surface area contributed by atoms with Crippen molar-refractivity contribution in [2.24, 2.45) is 5.10 Å². The molecule has 0 saturated heterocycles. The van der Waals surface area contributed by atoms with Crippen LogP contribution in [-0.2, 0) is 10.2 Å². The summed E-state index contributed by atoms with van der Waals surface area (Å²) >= 11 is 0. The summed E-state index contributed by atoms with van der Waals surface area (Å²) in [4.78, 5) is 23.0. The van der Waals surface area contributed by atoms with E-state index in [4.69, 9.17) is 4.74 Å². The number of aromatic amines is 1. The molecule has 1 amide bonds. The maximum absolute atomic E-state index is 12.1. The second-order valence-corrected chi connectivity index (χ2v) is 6.67. The maximum atomic E-state index is 12.1. The van der Waals surface area contributed by atoms with E-state index in [9.17, 15) is 9.59 Å². The zero-order valence-electron chi connectivity index (χ0n) is 15.0. The molecule has 0 spiro atoms. The van der Waals surface area contributed by atoms with Crippen LogP contribution in [0.5, 0.6) is 5.75 Å². The van der Waals surface area contributed by atoms with Crippen LogP contribution in [0.4, 0.5) is 0 Å². The summed E-state index contributed by atoms with van der Waals surface area (Å²) in [5.74, 6) is -0.305. The van der Waals surface area contributed by atoms with Gasteiger partial charge < -0.3 is 4.74 Å². The molecule has 0 radical (unpaired) electrons. The molecule has 0 unspecified atom stereocenters. The minimum atomic E-state index is -0.386. The smallest absolute Gasteiger partial charge is 0.308 e. The molecule has 0 saturated carbocycles. The van der Waals surface area contributed by atoms with Gasteiger partial charge in [0.15, 0.2) is 5.69 Å². The topological polar surface area (TPSA) is 96.4 Å². The SMILES string of the molecule is CC(=O)Oc1ccc(C(C)=NNC(=O)c2cc(C(C)(C)C)[nH]n2)cc1. The van der Waals surface area contributed by atoms with E-state index >= 15 is 0 Å². The van der Waals surface area contributed by atoms with Crippen molar-refractivity contribution in [1.29, 1.82) is 0 Å². The van der Waals surface area contributed by atoms with Gasteiger partial charge in [0.2, 0.25) is 0 Å². The fraction of sp³-hybridized carbons (Fsp3) is 0.333. The standard InChI is InChI=1S/C18H22N4O3/c1-11(13-6-8-14(9-7-13)25-12(2)23)19-22-17(24)15-10-16(21-20-15)18(3,4)5/h6-10H,1-5H3,(H,20,21)(H,22,24). The van der Waals surface area contributed by atoms with Crippen LogP contribution in [-0.4, -0.2) is 27.8 Å². The summed E-state index contributed by atoms with van der Waals surface area (Å²) in [5.41, 5.74) is 4.95. The third kappa shape index (κ3) is 5.00. The van der Waals surface area contributed by atoms with Crippen LogP contribution in [0.25, 0.3) is 0 Å². The number of esters is 1. The van der Waals surface area contributed by atoms with Crippen molar-refractivity contribution in [2.75, 3.05) is 0 Å². The Balaban J connectivity index is 2.04. The lowest BCUT2D eigenvalue weighted by molar-refractivity contribution is -0.131. The molecular weight excluding hydrogens is 320 g/mol.